The molecule has 19 heavy (non-hydrogen) atoms. The van der Waals surface area contributed by atoms with Crippen molar-refractivity contribution in [3.63, 3.8) is 0 Å². The number of hydrogen-bond donors (Lipinski definition) is 1. The Morgan fingerprint density at radius 1 is 1.32 bits per heavy atom. The van der Waals surface area contributed by atoms with Gasteiger partial charge in [-0.05, 0) is 48.4 Å². The van der Waals surface area contributed by atoms with E-state index in [-0.39, 0.29) is 5.54 Å². The molecule has 1 heterocycles. The second-order valence-corrected chi connectivity index (χ2v) is 5.76. The number of halogens is 1. The molecule has 1 aliphatic rings. The molecule has 2 N–H and O–H groups in total. The molecule has 5 nitrogen and oxygen atoms in total. The predicted octanol–water partition coefficient (Wildman–Crippen LogP) is 2.86. The van der Waals surface area contributed by atoms with Crippen LogP contribution in [0.4, 0.5) is 5.69 Å². The van der Waals surface area contributed by atoms with E-state index >= 15 is 0 Å². The van der Waals surface area contributed by atoms with Crippen molar-refractivity contribution in [3.05, 3.63) is 23.2 Å². The van der Waals surface area contributed by atoms with E-state index in [4.69, 9.17) is 17.3 Å². The van der Waals surface area contributed by atoms with E-state index in [2.05, 4.69) is 22.4 Å². The van der Waals surface area contributed by atoms with E-state index in [1.165, 1.54) is 12.8 Å². The number of aromatic nitrogens is 4. The Morgan fingerprint density at radius 3 is 2.74 bits per heavy atom. The molecule has 0 unspecified atom stereocenters. The van der Waals surface area contributed by atoms with Crippen LogP contribution < -0.4 is 5.73 Å². The van der Waals surface area contributed by atoms with E-state index in [0.717, 1.165) is 24.2 Å². The van der Waals surface area contributed by atoms with Gasteiger partial charge in [0.15, 0.2) is 5.82 Å². The summed E-state index contributed by atoms with van der Waals surface area (Å²) in [5, 5.41) is 12.7. The largest absolute Gasteiger partial charge is 0.398 e. The zero-order chi connectivity index (χ0) is 13.5. The normalized spacial score (nSPS) is 17.8. The molecule has 2 aromatic rings. The summed E-state index contributed by atoms with van der Waals surface area (Å²) in [4.78, 5) is 0. The summed E-state index contributed by atoms with van der Waals surface area (Å²) in [6.45, 7) is 2.21. The minimum Gasteiger partial charge on any atom is -0.398 e. The van der Waals surface area contributed by atoms with Crippen molar-refractivity contribution in [2.24, 2.45) is 0 Å². The maximum Gasteiger partial charge on any atom is 0.182 e. The van der Waals surface area contributed by atoms with Gasteiger partial charge in [0.25, 0.3) is 0 Å². The van der Waals surface area contributed by atoms with Gasteiger partial charge < -0.3 is 5.73 Å². The average Bonchev–Trinajstić information content (AvgIpc) is 3.02. The SMILES string of the molecule is CC1(n2nnnc2-c2ccc(Cl)c(N)c2)CCCC1. The standard InChI is InChI=1S/C13H16ClN5/c1-13(6-2-3-7-13)19-12(16-17-18-19)9-4-5-10(14)11(15)8-9/h4-5,8H,2-3,6-7,15H2,1H3. The maximum atomic E-state index is 5.95. The van der Waals surface area contributed by atoms with Crippen LogP contribution in [0.3, 0.4) is 0 Å². The lowest BCUT2D eigenvalue weighted by molar-refractivity contribution is 0.293. The van der Waals surface area contributed by atoms with Crippen molar-refractivity contribution in [2.75, 3.05) is 5.73 Å². The van der Waals surface area contributed by atoms with Crippen molar-refractivity contribution in [1.29, 1.82) is 0 Å². The summed E-state index contributed by atoms with van der Waals surface area (Å²) in [6, 6.07) is 5.50. The molecular weight excluding hydrogens is 262 g/mol. The number of nitrogen functional groups attached to an aromatic ring is 1. The van der Waals surface area contributed by atoms with Gasteiger partial charge in [0.2, 0.25) is 0 Å². The first-order chi connectivity index (χ1) is 9.10. The van der Waals surface area contributed by atoms with Gasteiger partial charge in [-0.25, -0.2) is 4.68 Å². The monoisotopic (exact) mass is 277 g/mol. The smallest absolute Gasteiger partial charge is 0.182 e. The fraction of sp³-hybridized carbons (Fsp3) is 0.462. The van der Waals surface area contributed by atoms with Gasteiger partial charge >= 0.3 is 0 Å². The molecule has 1 aromatic carbocycles. The molecule has 1 fully saturated rings. The third-order valence-electron chi connectivity index (χ3n) is 3.92. The number of rotatable bonds is 2. The van der Waals surface area contributed by atoms with E-state index in [0.29, 0.717) is 10.7 Å². The van der Waals surface area contributed by atoms with Crippen molar-refractivity contribution in [1.82, 2.24) is 20.2 Å². The van der Waals surface area contributed by atoms with Gasteiger partial charge in [-0.1, -0.05) is 24.4 Å². The highest BCUT2D eigenvalue weighted by molar-refractivity contribution is 6.33. The molecule has 6 heteroatoms. The predicted molar refractivity (Wildman–Crippen MR) is 74.8 cm³/mol. The molecular formula is C13H16ClN5. The number of hydrogen-bond acceptors (Lipinski definition) is 4. The average molecular weight is 278 g/mol. The van der Waals surface area contributed by atoms with Crippen LogP contribution in [0.25, 0.3) is 11.4 Å². The first-order valence-electron chi connectivity index (χ1n) is 6.44. The molecule has 3 rings (SSSR count). The summed E-state index contributed by atoms with van der Waals surface area (Å²) in [5.74, 6) is 0.757. The van der Waals surface area contributed by atoms with Crippen LogP contribution in [0.2, 0.25) is 5.02 Å². The number of nitrogens with two attached hydrogens (primary N) is 1. The topological polar surface area (TPSA) is 69.6 Å². The van der Waals surface area contributed by atoms with Gasteiger partial charge in [0.05, 0.1) is 16.2 Å². The minimum atomic E-state index is 0.00717. The molecule has 0 aliphatic heterocycles. The van der Waals surface area contributed by atoms with Crippen LogP contribution in [0.5, 0.6) is 0 Å². The molecule has 100 valence electrons. The molecule has 0 atom stereocenters. The summed E-state index contributed by atoms with van der Waals surface area (Å²) >= 11 is 5.95. The number of anilines is 1. The Kier molecular flexibility index (Phi) is 2.93. The number of nitrogens with zero attached hydrogens (tertiary/aromatic N) is 4. The fourth-order valence-electron chi connectivity index (χ4n) is 2.76. The van der Waals surface area contributed by atoms with E-state index in [1.54, 1.807) is 6.07 Å². The Bertz CT molecular complexity index is 601. The first kappa shape index (κ1) is 12.4. The highest BCUT2D eigenvalue weighted by Crippen LogP contribution is 2.38. The van der Waals surface area contributed by atoms with Crippen LogP contribution >= 0.6 is 11.6 Å². The molecule has 0 spiro atoms. The van der Waals surface area contributed by atoms with Gasteiger partial charge in [0, 0.05) is 5.56 Å². The quantitative estimate of drug-likeness (QED) is 0.857. The van der Waals surface area contributed by atoms with E-state index in [1.807, 2.05) is 16.8 Å². The van der Waals surface area contributed by atoms with Gasteiger partial charge in [-0.3, -0.25) is 0 Å². The van der Waals surface area contributed by atoms with Gasteiger partial charge in [-0.15, -0.1) is 5.10 Å². The Hall–Kier alpha value is -1.62. The Balaban J connectivity index is 2.06. The molecule has 0 bridgehead atoms. The Labute approximate surface area is 116 Å². The van der Waals surface area contributed by atoms with Crippen LogP contribution in [0.15, 0.2) is 18.2 Å². The molecule has 0 radical (unpaired) electrons. The number of tetrazole rings is 1. The first-order valence-corrected chi connectivity index (χ1v) is 6.82. The molecule has 1 aliphatic carbocycles. The Morgan fingerprint density at radius 2 is 2.05 bits per heavy atom. The van der Waals surface area contributed by atoms with Crippen molar-refractivity contribution in [2.45, 2.75) is 38.1 Å². The van der Waals surface area contributed by atoms with Crippen LogP contribution in [-0.2, 0) is 5.54 Å². The van der Waals surface area contributed by atoms with Crippen molar-refractivity contribution >= 4 is 17.3 Å². The molecule has 0 amide bonds. The molecule has 1 aromatic heterocycles. The molecule has 0 saturated heterocycles. The second-order valence-electron chi connectivity index (χ2n) is 5.35. The van der Waals surface area contributed by atoms with Crippen LogP contribution in [-0.4, -0.2) is 20.2 Å². The second kappa shape index (κ2) is 4.49. The highest BCUT2D eigenvalue weighted by atomic mass is 35.5. The van der Waals surface area contributed by atoms with Gasteiger partial charge in [0.1, 0.15) is 0 Å². The third-order valence-corrected chi connectivity index (χ3v) is 4.26. The van der Waals surface area contributed by atoms with Gasteiger partial charge in [-0.2, -0.15) is 0 Å². The van der Waals surface area contributed by atoms with Crippen LogP contribution in [0, 0.1) is 0 Å². The lowest BCUT2D eigenvalue weighted by atomic mass is 10.0. The van der Waals surface area contributed by atoms with E-state index in [9.17, 15) is 0 Å². The summed E-state index contributed by atoms with van der Waals surface area (Å²) < 4.78 is 1.93. The van der Waals surface area contributed by atoms with Crippen molar-refractivity contribution < 1.29 is 0 Å². The lowest BCUT2D eigenvalue weighted by Crippen LogP contribution is -2.28. The summed E-state index contributed by atoms with van der Waals surface area (Å²) in [7, 11) is 0. The van der Waals surface area contributed by atoms with Crippen molar-refractivity contribution in [3.8, 4) is 11.4 Å². The zero-order valence-electron chi connectivity index (χ0n) is 10.8. The summed E-state index contributed by atoms with van der Waals surface area (Å²) in [5.41, 5.74) is 7.31. The van der Waals surface area contributed by atoms with Crippen LogP contribution in [0.1, 0.15) is 32.6 Å². The van der Waals surface area contributed by atoms with E-state index < -0.39 is 0 Å². The number of benzene rings is 1. The zero-order valence-corrected chi connectivity index (χ0v) is 11.6. The fourth-order valence-corrected chi connectivity index (χ4v) is 2.88. The molecule has 1 saturated carbocycles. The summed E-state index contributed by atoms with van der Waals surface area (Å²) in [6.07, 6.45) is 4.65. The minimum absolute atomic E-state index is 0.00717. The highest BCUT2D eigenvalue weighted by Gasteiger charge is 2.34. The third kappa shape index (κ3) is 2.08. The maximum absolute atomic E-state index is 5.95. The lowest BCUT2D eigenvalue weighted by Gasteiger charge is -2.24.